The molecule has 2 N–H and O–H groups in total. The van der Waals surface area contributed by atoms with E-state index >= 15 is 0 Å². The average Bonchev–Trinajstić information content (AvgIpc) is 2.32. The van der Waals surface area contributed by atoms with Gasteiger partial charge in [0.15, 0.2) is 0 Å². The van der Waals surface area contributed by atoms with Crippen molar-refractivity contribution in [1.82, 2.24) is 10.6 Å². The predicted octanol–water partition coefficient (Wildman–Crippen LogP) is 2.27. The smallest absolute Gasteiger partial charge is 0.239 e. The molecule has 0 saturated carbocycles. The third-order valence-electron chi connectivity index (χ3n) is 3.69. The molecule has 0 aliphatic rings. The average molecular weight is 262 g/mol. The van der Waals surface area contributed by atoms with Gasteiger partial charge >= 0.3 is 0 Å². The van der Waals surface area contributed by atoms with E-state index in [4.69, 9.17) is 0 Å². The van der Waals surface area contributed by atoms with Gasteiger partial charge in [-0.3, -0.25) is 4.79 Å². The minimum Gasteiger partial charge on any atom is -0.354 e. The van der Waals surface area contributed by atoms with Gasteiger partial charge in [0.2, 0.25) is 5.91 Å². The molecule has 3 heteroatoms. The predicted molar refractivity (Wildman–Crippen MR) is 80.5 cm³/mol. The Kier molecular flexibility index (Phi) is 5.12. The van der Waals surface area contributed by atoms with Crippen molar-refractivity contribution >= 4 is 5.91 Å². The Balaban J connectivity index is 2.62. The van der Waals surface area contributed by atoms with E-state index in [0.29, 0.717) is 6.54 Å². The SMILES string of the molecule is CNC(C)(C)C(=O)NCCc1c(C)cc(C)cc1C. The third kappa shape index (κ3) is 4.06. The Labute approximate surface area is 116 Å². The van der Waals surface area contributed by atoms with Gasteiger partial charge in [0.05, 0.1) is 5.54 Å². The second-order valence-corrected chi connectivity index (χ2v) is 5.76. The maximum Gasteiger partial charge on any atom is 0.239 e. The van der Waals surface area contributed by atoms with Crippen molar-refractivity contribution in [2.24, 2.45) is 0 Å². The highest BCUT2D eigenvalue weighted by atomic mass is 16.2. The highest BCUT2D eigenvalue weighted by Gasteiger charge is 2.24. The van der Waals surface area contributed by atoms with Gasteiger partial charge in [0.25, 0.3) is 0 Å². The van der Waals surface area contributed by atoms with Gasteiger partial charge in [-0.05, 0) is 64.8 Å². The van der Waals surface area contributed by atoms with E-state index in [2.05, 4.69) is 43.5 Å². The van der Waals surface area contributed by atoms with Gasteiger partial charge in [-0.15, -0.1) is 0 Å². The molecule has 0 unspecified atom stereocenters. The van der Waals surface area contributed by atoms with Crippen LogP contribution in [-0.4, -0.2) is 25.0 Å². The number of benzene rings is 1. The van der Waals surface area contributed by atoms with E-state index in [1.165, 1.54) is 22.3 Å². The van der Waals surface area contributed by atoms with Crippen molar-refractivity contribution in [2.45, 2.75) is 46.6 Å². The van der Waals surface area contributed by atoms with Crippen LogP contribution in [-0.2, 0) is 11.2 Å². The van der Waals surface area contributed by atoms with Gasteiger partial charge in [-0.2, -0.15) is 0 Å². The first-order valence-corrected chi connectivity index (χ1v) is 6.82. The summed E-state index contributed by atoms with van der Waals surface area (Å²) < 4.78 is 0. The number of hydrogen-bond acceptors (Lipinski definition) is 2. The minimum atomic E-state index is -0.517. The molecule has 0 aliphatic heterocycles. The number of likely N-dealkylation sites (N-methyl/N-ethyl adjacent to an activating group) is 1. The van der Waals surface area contributed by atoms with Gasteiger partial charge in [0, 0.05) is 6.54 Å². The van der Waals surface area contributed by atoms with E-state index in [1.807, 2.05) is 13.8 Å². The largest absolute Gasteiger partial charge is 0.354 e. The fraction of sp³-hybridized carbons (Fsp3) is 0.562. The Morgan fingerprint density at radius 3 is 2.16 bits per heavy atom. The molecule has 0 atom stereocenters. The fourth-order valence-corrected chi connectivity index (χ4v) is 2.24. The van der Waals surface area contributed by atoms with Crippen LogP contribution in [0.2, 0.25) is 0 Å². The summed E-state index contributed by atoms with van der Waals surface area (Å²) in [4.78, 5) is 11.9. The highest BCUT2D eigenvalue weighted by Crippen LogP contribution is 2.16. The number of nitrogens with one attached hydrogen (secondary N) is 2. The van der Waals surface area contributed by atoms with E-state index in [-0.39, 0.29) is 5.91 Å². The summed E-state index contributed by atoms with van der Waals surface area (Å²) in [6.07, 6.45) is 0.878. The highest BCUT2D eigenvalue weighted by molar-refractivity contribution is 5.85. The van der Waals surface area contributed by atoms with Crippen LogP contribution >= 0.6 is 0 Å². The molecule has 0 bridgehead atoms. The summed E-state index contributed by atoms with van der Waals surface area (Å²) in [6, 6.07) is 4.39. The fourth-order valence-electron chi connectivity index (χ4n) is 2.24. The van der Waals surface area contributed by atoms with E-state index < -0.39 is 5.54 Å². The third-order valence-corrected chi connectivity index (χ3v) is 3.69. The number of carbonyl (C=O) groups excluding carboxylic acids is 1. The van der Waals surface area contributed by atoms with Gasteiger partial charge in [0.1, 0.15) is 0 Å². The van der Waals surface area contributed by atoms with Crippen molar-refractivity contribution in [3.63, 3.8) is 0 Å². The quantitative estimate of drug-likeness (QED) is 0.854. The van der Waals surface area contributed by atoms with Crippen LogP contribution in [0.25, 0.3) is 0 Å². The standard InChI is InChI=1S/C16H26N2O/c1-11-9-12(2)14(13(3)10-11)7-8-18-15(19)16(4,5)17-6/h9-10,17H,7-8H2,1-6H3,(H,18,19). The van der Waals surface area contributed by atoms with Crippen molar-refractivity contribution < 1.29 is 4.79 Å². The summed E-state index contributed by atoms with van der Waals surface area (Å²) in [5.74, 6) is 0.0393. The topological polar surface area (TPSA) is 41.1 Å². The van der Waals surface area contributed by atoms with Crippen LogP contribution in [0.3, 0.4) is 0 Å². The summed E-state index contributed by atoms with van der Waals surface area (Å²) in [6.45, 7) is 10.8. The molecule has 1 aromatic rings. The molecule has 1 amide bonds. The van der Waals surface area contributed by atoms with Gasteiger partial charge in [-0.25, -0.2) is 0 Å². The summed E-state index contributed by atoms with van der Waals surface area (Å²) in [5, 5.41) is 6.00. The second-order valence-electron chi connectivity index (χ2n) is 5.76. The molecule has 0 fully saturated rings. The molecule has 3 nitrogen and oxygen atoms in total. The Hall–Kier alpha value is -1.35. The Morgan fingerprint density at radius 2 is 1.68 bits per heavy atom. The zero-order valence-corrected chi connectivity index (χ0v) is 13.0. The maximum absolute atomic E-state index is 11.9. The van der Waals surface area contributed by atoms with E-state index in [0.717, 1.165) is 6.42 Å². The van der Waals surface area contributed by atoms with Crippen LogP contribution in [0.4, 0.5) is 0 Å². The number of amides is 1. The second kappa shape index (κ2) is 6.20. The van der Waals surface area contributed by atoms with Crippen molar-refractivity contribution in [1.29, 1.82) is 0 Å². The Morgan fingerprint density at radius 1 is 1.16 bits per heavy atom. The molecular weight excluding hydrogens is 236 g/mol. The first-order valence-electron chi connectivity index (χ1n) is 6.82. The molecule has 1 aromatic carbocycles. The summed E-state index contributed by atoms with van der Waals surface area (Å²) in [7, 11) is 1.80. The zero-order chi connectivity index (χ0) is 14.6. The molecule has 0 spiro atoms. The van der Waals surface area contributed by atoms with Crippen LogP contribution < -0.4 is 10.6 Å². The lowest BCUT2D eigenvalue weighted by Crippen LogP contribution is -2.51. The molecule has 19 heavy (non-hydrogen) atoms. The van der Waals surface area contributed by atoms with Gasteiger partial charge < -0.3 is 10.6 Å². The molecule has 0 radical (unpaired) electrons. The normalized spacial score (nSPS) is 11.5. The monoisotopic (exact) mass is 262 g/mol. The number of hydrogen-bond donors (Lipinski definition) is 2. The van der Waals surface area contributed by atoms with Crippen molar-refractivity contribution in [3.8, 4) is 0 Å². The Bertz CT molecular complexity index is 441. The number of rotatable bonds is 5. The van der Waals surface area contributed by atoms with Crippen molar-refractivity contribution in [3.05, 3.63) is 34.4 Å². The first-order chi connectivity index (χ1) is 8.77. The minimum absolute atomic E-state index is 0.0393. The first kappa shape index (κ1) is 15.7. The molecule has 1 rings (SSSR count). The molecule has 0 aliphatic carbocycles. The lowest BCUT2D eigenvalue weighted by atomic mass is 9.97. The number of carbonyl (C=O) groups is 1. The van der Waals surface area contributed by atoms with Crippen LogP contribution in [0, 0.1) is 20.8 Å². The summed E-state index contributed by atoms with van der Waals surface area (Å²) in [5.41, 5.74) is 4.73. The maximum atomic E-state index is 11.9. The molecule has 0 heterocycles. The van der Waals surface area contributed by atoms with Gasteiger partial charge in [-0.1, -0.05) is 17.7 Å². The molecule has 0 aromatic heterocycles. The zero-order valence-electron chi connectivity index (χ0n) is 13.0. The molecular formula is C16H26N2O. The van der Waals surface area contributed by atoms with Crippen LogP contribution in [0.5, 0.6) is 0 Å². The van der Waals surface area contributed by atoms with Crippen molar-refractivity contribution in [2.75, 3.05) is 13.6 Å². The lowest BCUT2D eigenvalue weighted by Gasteiger charge is -2.23. The molecule has 0 saturated heterocycles. The summed E-state index contributed by atoms with van der Waals surface area (Å²) >= 11 is 0. The van der Waals surface area contributed by atoms with E-state index in [9.17, 15) is 4.79 Å². The van der Waals surface area contributed by atoms with Crippen LogP contribution in [0.1, 0.15) is 36.1 Å². The van der Waals surface area contributed by atoms with Crippen LogP contribution in [0.15, 0.2) is 12.1 Å². The molecule has 106 valence electrons. The number of aryl methyl sites for hydroxylation is 3. The lowest BCUT2D eigenvalue weighted by molar-refractivity contribution is -0.126. The van der Waals surface area contributed by atoms with E-state index in [1.54, 1.807) is 7.05 Å².